The minimum atomic E-state index is -0.583. The lowest BCUT2D eigenvalue weighted by Crippen LogP contribution is -2.55. The van der Waals surface area contributed by atoms with Gasteiger partial charge in [0.2, 0.25) is 5.91 Å². The van der Waals surface area contributed by atoms with Gasteiger partial charge in [-0.05, 0) is 78.0 Å². The molecule has 278 valence electrons. The number of rotatable bonds is 6. The molecule has 3 saturated heterocycles. The predicted molar refractivity (Wildman–Crippen MR) is 196 cm³/mol. The number of carbonyl (C=O) groups excluding carboxylic acids is 2. The van der Waals surface area contributed by atoms with Gasteiger partial charge in [-0.1, -0.05) is 0 Å². The first-order chi connectivity index (χ1) is 24.9. The number of piperidine rings is 1. The molecule has 52 heavy (non-hydrogen) atoms. The van der Waals surface area contributed by atoms with Crippen molar-refractivity contribution in [1.29, 1.82) is 5.26 Å². The van der Waals surface area contributed by atoms with Gasteiger partial charge in [-0.25, -0.2) is 19.4 Å². The first kappa shape index (κ1) is 35.7. The van der Waals surface area contributed by atoms with Gasteiger partial charge < -0.3 is 39.1 Å². The second-order valence-electron chi connectivity index (χ2n) is 15.7. The zero-order chi connectivity index (χ0) is 36.8. The number of nitrogens with zero attached hydrogens (tertiary/aromatic N) is 9. The maximum Gasteiger partial charge on any atom is 0.407 e. The van der Waals surface area contributed by atoms with Crippen LogP contribution in [0.1, 0.15) is 71.6 Å². The summed E-state index contributed by atoms with van der Waals surface area (Å²) in [4.78, 5) is 43.8. The fourth-order valence-corrected chi connectivity index (χ4v) is 7.88. The Morgan fingerprint density at radius 3 is 2.60 bits per heavy atom. The van der Waals surface area contributed by atoms with E-state index in [1.807, 2.05) is 55.6 Å². The van der Waals surface area contributed by atoms with E-state index in [-0.39, 0.29) is 36.2 Å². The molecule has 7 rings (SSSR count). The highest BCUT2D eigenvalue weighted by atomic mass is 16.6. The largest absolute Gasteiger partial charge is 0.444 e. The van der Waals surface area contributed by atoms with Crippen molar-refractivity contribution in [3.05, 3.63) is 30.0 Å². The van der Waals surface area contributed by atoms with Gasteiger partial charge in [0.15, 0.2) is 23.2 Å². The zero-order valence-corrected chi connectivity index (χ0v) is 31.1. The molecule has 0 radical (unpaired) electrons. The summed E-state index contributed by atoms with van der Waals surface area (Å²) in [6.45, 7) is 11.6. The molecule has 3 aromatic rings. The van der Waals surface area contributed by atoms with Crippen LogP contribution in [-0.2, 0) is 19.0 Å². The lowest BCUT2D eigenvalue weighted by atomic mass is 9.73. The minimum Gasteiger partial charge on any atom is -0.444 e. The van der Waals surface area contributed by atoms with E-state index in [9.17, 15) is 14.9 Å². The summed E-state index contributed by atoms with van der Waals surface area (Å²) in [6.07, 6.45) is 5.50. The van der Waals surface area contributed by atoms with Gasteiger partial charge in [0.25, 0.3) is 0 Å². The lowest BCUT2D eigenvalue weighted by Gasteiger charge is -2.42. The van der Waals surface area contributed by atoms with Crippen molar-refractivity contribution in [1.82, 2.24) is 30.0 Å². The molecule has 1 aromatic carbocycles. The molecule has 4 aliphatic rings. The standard InChI is InChI=1S/C37H50N10O5/c1-24-32(41-35(49)52-36(2,3)4)37(23-51-24)12-14-44(15-13-37)28-21-39-31-33(40-28)47(30-9-7-8-18-50-30)42-34(31)46-17-16-45(22-29(48)43(5)6)27-19-25(20-38)10-11-26(27)46/h10-11,19,21,24,30,32H,7-9,12-18,22-23H2,1-6H3,(H,41,49)/t24-,30?,32+/m0/s1. The number of hydrogen-bond acceptors (Lipinski definition) is 12. The molecule has 6 heterocycles. The van der Waals surface area contributed by atoms with Crippen molar-refractivity contribution in [2.45, 2.75) is 83.8 Å². The summed E-state index contributed by atoms with van der Waals surface area (Å²) in [5, 5.41) is 18.0. The molecule has 3 fully saturated rings. The predicted octanol–water partition coefficient (Wildman–Crippen LogP) is 4.34. The summed E-state index contributed by atoms with van der Waals surface area (Å²) in [6, 6.07) is 7.65. The highest BCUT2D eigenvalue weighted by Crippen LogP contribution is 2.44. The first-order valence-corrected chi connectivity index (χ1v) is 18.4. The third-order valence-electron chi connectivity index (χ3n) is 10.7. The van der Waals surface area contributed by atoms with Crippen molar-refractivity contribution in [2.75, 3.05) is 74.7 Å². The number of nitriles is 1. The van der Waals surface area contributed by atoms with E-state index in [1.54, 1.807) is 25.1 Å². The topological polar surface area (TPSA) is 154 Å². The molecule has 2 aromatic heterocycles. The Labute approximate surface area is 304 Å². The quantitative estimate of drug-likeness (QED) is 0.386. The Morgan fingerprint density at radius 1 is 1.12 bits per heavy atom. The lowest BCUT2D eigenvalue weighted by molar-refractivity contribution is -0.127. The third-order valence-corrected chi connectivity index (χ3v) is 10.7. The monoisotopic (exact) mass is 714 g/mol. The number of amides is 2. The number of benzene rings is 1. The van der Waals surface area contributed by atoms with Crippen LogP contribution < -0.4 is 20.0 Å². The van der Waals surface area contributed by atoms with Crippen LogP contribution in [0.2, 0.25) is 0 Å². The molecular weight excluding hydrogens is 664 g/mol. The van der Waals surface area contributed by atoms with Crippen molar-refractivity contribution in [3.63, 3.8) is 0 Å². The molecule has 1 unspecified atom stereocenters. The van der Waals surface area contributed by atoms with E-state index < -0.39 is 11.7 Å². The van der Waals surface area contributed by atoms with Gasteiger partial charge in [-0.15, -0.1) is 5.10 Å². The summed E-state index contributed by atoms with van der Waals surface area (Å²) in [7, 11) is 3.49. The molecule has 15 nitrogen and oxygen atoms in total. The SMILES string of the molecule is C[C@@H]1OCC2(CCN(c3cnc4c(N5CCN(CC(=O)N(C)C)c6cc(C#N)ccc65)nn(C5CCCCO5)c4n3)CC2)[C@@H]1NC(=O)OC(C)(C)C. The maximum atomic E-state index is 12.8. The van der Waals surface area contributed by atoms with Gasteiger partial charge in [0.1, 0.15) is 11.4 Å². The summed E-state index contributed by atoms with van der Waals surface area (Å²) in [5.74, 6) is 1.41. The van der Waals surface area contributed by atoms with Gasteiger partial charge >= 0.3 is 6.09 Å². The number of likely N-dealkylation sites (N-methyl/N-ethyl adjacent to an activating group) is 1. The average Bonchev–Trinajstić information content (AvgIpc) is 3.64. The van der Waals surface area contributed by atoms with Crippen molar-refractivity contribution in [3.8, 4) is 6.07 Å². The molecule has 0 aliphatic carbocycles. The molecule has 1 N–H and O–H groups in total. The van der Waals surface area contributed by atoms with E-state index in [0.29, 0.717) is 48.8 Å². The first-order valence-electron chi connectivity index (χ1n) is 18.4. The van der Waals surface area contributed by atoms with Crippen LogP contribution >= 0.6 is 0 Å². The number of alkyl carbamates (subject to hydrolysis) is 1. The third kappa shape index (κ3) is 6.93. The fraction of sp³-hybridized carbons (Fsp3) is 0.622. The molecular formula is C37H50N10O5. The summed E-state index contributed by atoms with van der Waals surface area (Å²) < 4.78 is 19.8. The number of anilines is 4. The van der Waals surface area contributed by atoms with Crippen molar-refractivity contribution >= 4 is 46.2 Å². The number of carbonyl (C=O) groups is 2. The van der Waals surface area contributed by atoms with Crippen LogP contribution in [0.4, 0.5) is 27.8 Å². The summed E-state index contributed by atoms with van der Waals surface area (Å²) >= 11 is 0. The van der Waals surface area contributed by atoms with E-state index in [4.69, 9.17) is 29.3 Å². The minimum absolute atomic E-state index is 0.0160. The number of aromatic nitrogens is 4. The van der Waals surface area contributed by atoms with E-state index in [0.717, 1.165) is 62.4 Å². The Bertz CT molecular complexity index is 1850. The molecule has 4 aliphatic heterocycles. The van der Waals surface area contributed by atoms with Crippen LogP contribution in [0.5, 0.6) is 0 Å². The maximum absolute atomic E-state index is 12.8. The van der Waals surface area contributed by atoms with E-state index in [1.165, 1.54) is 0 Å². The Balaban J connectivity index is 1.18. The molecule has 2 amide bonds. The molecule has 3 atom stereocenters. The van der Waals surface area contributed by atoms with E-state index in [2.05, 4.69) is 21.2 Å². The van der Waals surface area contributed by atoms with Gasteiger partial charge in [-0.3, -0.25) is 4.79 Å². The second-order valence-corrected chi connectivity index (χ2v) is 15.7. The number of ether oxygens (including phenoxy) is 3. The Morgan fingerprint density at radius 2 is 1.90 bits per heavy atom. The van der Waals surface area contributed by atoms with Crippen LogP contribution in [0.25, 0.3) is 11.2 Å². The second kappa shape index (κ2) is 14.0. The fourth-order valence-electron chi connectivity index (χ4n) is 7.88. The molecule has 0 bridgehead atoms. The van der Waals surface area contributed by atoms with Crippen LogP contribution in [0.15, 0.2) is 24.4 Å². The Kier molecular flexibility index (Phi) is 9.64. The van der Waals surface area contributed by atoms with Gasteiger partial charge in [-0.2, -0.15) is 5.26 Å². The highest BCUT2D eigenvalue weighted by molar-refractivity contribution is 5.92. The average molecular weight is 715 g/mol. The van der Waals surface area contributed by atoms with Gasteiger partial charge in [0, 0.05) is 52.3 Å². The van der Waals surface area contributed by atoms with Gasteiger partial charge in [0.05, 0.1) is 54.5 Å². The number of fused-ring (bicyclic) bond motifs is 2. The Hall–Kier alpha value is -4.68. The molecule has 15 heteroatoms. The zero-order valence-electron chi connectivity index (χ0n) is 31.1. The number of nitrogens with one attached hydrogen (secondary N) is 1. The van der Waals surface area contributed by atoms with Crippen LogP contribution in [0.3, 0.4) is 0 Å². The van der Waals surface area contributed by atoms with Crippen molar-refractivity contribution < 1.29 is 23.8 Å². The smallest absolute Gasteiger partial charge is 0.407 e. The van der Waals surface area contributed by atoms with E-state index >= 15 is 0 Å². The summed E-state index contributed by atoms with van der Waals surface area (Å²) in [5.41, 5.74) is 2.71. The number of hydrogen-bond donors (Lipinski definition) is 1. The van der Waals surface area contributed by atoms with Crippen LogP contribution in [-0.4, -0.2) is 114 Å². The molecule has 0 saturated carbocycles. The molecule has 1 spiro atoms. The normalized spacial score (nSPS) is 23.0. The van der Waals surface area contributed by atoms with Crippen molar-refractivity contribution in [2.24, 2.45) is 5.41 Å². The van der Waals surface area contributed by atoms with Crippen LogP contribution in [0, 0.1) is 16.7 Å². The highest BCUT2D eigenvalue weighted by Gasteiger charge is 2.50.